The van der Waals surface area contributed by atoms with Gasteiger partial charge in [-0.25, -0.2) is 13.1 Å². The van der Waals surface area contributed by atoms with Crippen molar-refractivity contribution in [1.29, 1.82) is 0 Å². The lowest BCUT2D eigenvalue weighted by atomic mass is 10.2. The van der Waals surface area contributed by atoms with Crippen molar-refractivity contribution in [3.63, 3.8) is 0 Å². The number of rotatable bonds is 6. The topological polar surface area (TPSA) is 100 Å². The van der Waals surface area contributed by atoms with E-state index in [-0.39, 0.29) is 17.0 Å². The first kappa shape index (κ1) is 19.7. The smallest absolute Gasteiger partial charge is 0.250 e. The largest absolute Gasteiger partial charge is 0.335 e. The van der Waals surface area contributed by atoms with Crippen LogP contribution in [0.5, 0.6) is 0 Å². The summed E-state index contributed by atoms with van der Waals surface area (Å²) in [5.74, 6) is 1.08. The highest BCUT2D eigenvalue weighted by molar-refractivity contribution is 7.89. The van der Waals surface area contributed by atoms with E-state index in [0.717, 1.165) is 25.2 Å². The molecule has 1 saturated heterocycles. The van der Waals surface area contributed by atoms with Gasteiger partial charge >= 0.3 is 0 Å². The van der Waals surface area contributed by atoms with Gasteiger partial charge in [0.05, 0.1) is 10.9 Å². The van der Waals surface area contributed by atoms with Crippen LogP contribution in [-0.4, -0.2) is 56.2 Å². The summed E-state index contributed by atoms with van der Waals surface area (Å²) in [7, 11) is -1.44. The van der Waals surface area contributed by atoms with Crippen molar-refractivity contribution < 1.29 is 12.9 Å². The normalized spacial score (nSPS) is 19.2. The minimum absolute atomic E-state index is 0.0996. The molecule has 9 heteroatoms. The molecule has 0 aliphatic carbocycles. The number of nitrogens with one attached hydrogen (secondary N) is 2. The molecule has 0 amide bonds. The zero-order valence-electron chi connectivity index (χ0n) is 15.7. The third kappa shape index (κ3) is 5.01. The first-order valence-electron chi connectivity index (χ1n) is 8.90. The molecule has 3 rings (SSSR count). The Kier molecular flexibility index (Phi) is 6.05. The molecule has 1 unspecified atom stereocenters. The minimum Gasteiger partial charge on any atom is -0.335 e. The van der Waals surface area contributed by atoms with E-state index >= 15 is 0 Å². The summed E-state index contributed by atoms with van der Waals surface area (Å²) in [6.45, 7) is 6.25. The van der Waals surface area contributed by atoms with Crippen LogP contribution in [0.1, 0.15) is 37.2 Å². The fourth-order valence-corrected chi connectivity index (χ4v) is 4.10. The maximum atomic E-state index is 12.1. The Bertz CT molecular complexity index is 890. The molecule has 27 heavy (non-hydrogen) atoms. The standard InChI is InChI=1S/C18H25N5O3S/c1-13(2)22-27(24,25)15-7-4-14(5-8-15)6-9-17-20-18(21-26-17)16-12-19-10-11-23(16)3/h4-9,13,16,19,22H,10-12H2,1-3H3/b9-6+. The summed E-state index contributed by atoms with van der Waals surface area (Å²) < 4.78 is 32.1. The molecule has 1 fully saturated rings. The van der Waals surface area contributed by atoms with E-state index in [1.807, 2.05) is 13.1 Å². The number of piperazine rings is 1. The van der Waals surface area contributed by atoms with Gasteiger partial charge in [0.2, 0.25) is 10.0 Å². The second-order valence-corrected chi connectivity index (χ2v) is 8.58. The predicted molar refractivity (Wildman–Crippen MR) is 103 cm³/mol. The molecule has 0 bridgehead atoms. The third-order valence-electron chi connectivity index (χ3n) is 4.27. The van der Waals surface area contributed by atoms with E-state index in [1.54, 1.807) is 44.2 Å². The van der Waals surface area contributed by atoms with Crippen molar-refractivity contribution in [1.82, 2.24) is 25.1 Å². The van der Waals surface area contributed by atoms with Gasteiger partial charge in [-0.1, -0.05) is 17.3 Å². The van der Waals surface area contributed by atoms with Crippen molar-refractivity contribution in [2.45, 2.75) is 30.8 Å². The molecule has 146 valence electrons. The van der Waals surface area contributed by atoms with Gasteiger partial charge in [0, 0.05) is 31.8 Å². The highest BCUT2D eigenvalue weighted by atomic mass is 32.2. The van der Waals surface area contributed by atoms with Crippen LogP contribution >= 0.6 is 0 Å². The zero-order chi connectivity index (χ0) is 19.4. The first-order valence-corrected chi connectivity index (χ1v) is 10.4. The average Bonchev–Trinajstić information content (AvgIpc) is 3.08. The van der Waals surface area contributed by atoms with Crippen LogP contribution in [0, 0.1) is 0 Å². The van der Waals surface area contributed by atoms with E-state index in [9.17, 15) is 8.42 Å². The Hall–Kier alpha value is -2.07. The van der Waals surface area contributed by atoms with Gasteiger partial charge < -0.3 is 9.84 Å². The number of hydrogen-bond donors (Lipinski definition) is 2. The Morgan fingerprint density at radius 2 is 2.04 bits per heavy atom. The zero-order valence-corrected chi connectivity index (χ0v) is 16.5. The Morgan fingerprint density at radius 3 is 2.70 bits per heavy atom. The lowest BCUT2D eigenvalue weighted by Gasteiger charge is -2.30. The maximum absolute atomic E-state index is 12.1. The second-order valence-electron chi connectivity index (χ2n) is 6.87. The molecule has 8 nitrogen and oxygen atoms in total. The summed E-state index contributed by atoms with van der Waals surface area (Å²) in [5.41, 5.74) is 0.842. The summed E-state index contributed by atoms with van der Waals surface area (Å²) >= 11 is 0. The van der Waals surface area contributed by atoms with Crippen molar-refractivity contribution in [3.8, 4) is 0 Å². The van der Waals surface area contributed by atoms with Crippen LogP contribution < -0.4 is 10.0 Å². The molecule has 2 N–H and O–H groups in total. The van der Waals surface area contributed by atoms with Gasteiger partial charge in [0.25, 0.3) is 5.89 Å². The monoisotopic (exact) mass is 391 g/mol. The van der Waals surface area contributed by atoms with Gasteiger partial charge in [-0.3, -0.25) is 4.90 Å². The van der Waals surface area contributed by atoms with E-state index in [1.165, 1.54) is 0 Å². The van der Waals surface area contributed by atoms with Gasteiger partial charge in [0.1, 0.15) is 0 Å². The molecule has 0 radical (unpaired) electrons. The molecule has 0 saturated carbocycles. The lowest BCUT2D eigenvalue weighted by Crippen LogP contribution is -2.44. The van der Waals surface area contributed by atoms with Gasteiger partial charge in [0.15, 0.2) is 5.82 Å². The van der Waals surface area contributed by atoms with E-state index in [4.69, 9.17) is 4.52 Å². The summed E-state index contributed by atoms with van der Waals surface area (Å²) in [6, 6.07) is 6.57. The van der Waals surface area contributed by atoms with Crippen molar-refractivity contribution >= 4 is 22.2 Å². The van der Waals surface area contributed by atoms with Crippen LogP contribution in [0.4, 0.5) is 0 Å². The Balaban J connectivity index is 1.68. The summed E-state index contributed by atoms with van der Waals surface area (Å²) in [6.07, 6.45) is 3.54. The number of sulfonamides is 1. The number of benzene rings is 1. The van der Waals surface area contributed by atoms with Crippen molar-refractivity contribution in [3.05, 3.63) is 41.5 Å². The van der Waals surface area contributed by atoms with Crippen LogP contribution in [0.2, 0.25) is 0 Å². The van der Waals surface area contributed by atoms with Crippen LogP contribution in [-0.2, 0) is 10.0 Å². The fourth-order valence-electron chi connectivity index (χ4n) is 2.85. The molecule has 1 aliphatic rings. The molecule has 2 aromatic rings. The van der Waals surface area contributed by atoms with Crippen LogP contribution in [0.15, 0.2) is 33.7 Å². The molecule has 2 heterocycles. The molecular formula is C18H25N5O3S. The van der Waals surface area contributed by atoms with E-state index in [0.29, 0.717) is 11.7 Å². The van der Waals surface area contributed by atoms with E-state index < -0.39 is 10.0 Å². The van der Waals surface area contributed by atoms with Crippen molar-refractivity contribution in [2.24, 2.45) is 0 Å². The predicted octanol–water partition coefficient (Wildman–Crippen LogP) is 1.50. The number of nitrogens with zero attached hydrogens (tertiary/aromatic N) is 3. The highest BCUT2D eigenvalue weighted by Gasteiger charge is 2.24. The third-order valence-corrected chi connectivity index (χ3v) is 5.94. The molecule has 0 spiro atoms. The molecule has 1 atom stereocenters. The summed E-state index contributed by atoms with van der Waals surface area (Å²) in [5, 5.41) is 7.39. The fraction of sp³-hybridized carbons (Fsp3) is 0.444. The molecule has 1 aromatic carbocycles. The van der Waals surface area contributed by atoms with Gasteiger partial charge in [-0.15, -0.1) is 0 Å². The van der Waals surface area contributed by atoms with Crippen molar-refractivity contribution in [2.75, 3.05) is 26.7 Å². The highest BCUT2D eigenvalue weighted by Crippen LogP contribution is 2.18. The van der Waals surface area contributed by atoms with Crippen LogP contribution in [0.3, 0.4) is 0 Å². The number of aromatic nitrogens is 2. The van der Waals surface area contributed by atoms with E-state index in [2.05, 4.69) is 25.1 Å². The first-order chi connectivity index (χ1) is 12.8. The molecule has 1 aromatic heterocycles. The molecule has 1 aliphatic heterocycles. The van der Waals surface area contributed by atoms with Gasteiger partial charge in [-0.05, 0) is 44.7 Å². The lowest BCUT2D eigenvalue weighted by molar-refractivity contribution is 0.190. The van der Waals surface area contributed by atoms with Crippen LogP contribution in [0.25, 0.3) is 12.2 Å². The second kappa shape index (κ2) is 8.30. The molecular weight excluding hydrogens is 366 g/mol. The maximum Gasteiger partial charge on any atom is 0.250 e. The Morgan fingerprint density at radius 1 is 1.30 bits per heavy atom. The quantitative estimate of drug-likeness (QED) is 0.770. The van der Waals surface area contributed by atoms with Gasteiger partial charge in [-0.2, -0.15) is 4.98 Å². The SMILES string of the molecule is CC(C)NS(=O)(=O)c1ccc(/C=C/c2nc(C3CNCCN3C)no2)cc1. The number of likely N-dealkylation sites (N-methyl/N-ethyl adjacent to an activating group) is 1. The number of hydrogen-bond acceptors (Lipinski definition) is 7. The Labute approximate surface area is 159 Å². The average molecular weight is 391 g/mol. The minimum atomic E-state index is -3.48. The summed E-state index contributed by atoms with van der Waals surface area (Å²) in [4.78, 5) is 6.87.